The Labute approximate surface area is 177 Å². The Kier molecular flexibility index (Phi) is 7.93. The second-order valence-corrected chi connectivity index (χ2v) is 7.25. The average Bonchev–Trinajstić information content (AvgIpc) is 2.72. The number of rotatable bonds is 8. The third-order valence-corrected chi connectivity index (χ3v) is 4.80. The first-order valence-electron chi connectivity index (χ1n) is 10.1. The lowest BCUT2D eigenvalue weighted by atomic mass is 9.96. The van der Waals surface area contributed by atoms with Gasteiger partial charge in [-0.15, -0.1) is 0 Å². The fourth-order valence-corrected chi connectivity index (χ4v) is 3.26. The number of hydrogen-bond donors (Lipinski definition) is 1. The minimum absolute atomic E-state index is 0.228. The molecule has 0 aliphatic heterocycles. The van der Waals surface area contributed by atoms with Gasteiger partial charge in [0.05, 0.1) is 12.1 Å². The van der Waals surface area contributed by atoms with Crippen LogP contribution in [0.2, 0.25) is 0 Å². The Morgan fingerprint density at radius 3 is 2.50 bits per heavy atom. The summed E-state index contributed by atoms with van der Waals surface area (Å²) >= 11 is 0. The molecule has 2 amide bonds. The number of nitrogens with zero attached hydrogens (tertiary/aromatic N) is 3. The van der Waals surface area contributed by atoms with Crippen molar-refractivity contribution in [1.82, 2.24) is 5.32 Å². The molecule has 7 heteroatoms. The molecule has 1 aromatic heterocycles. The Hall–Kier alpha value is -3.40. The van der Waals surface area contributed by atoms with Gasteiger partial charge in [0.25, 0.3) is 5.69 Å². The van der Waals surface area contributed by atoms with E-state index < -0.39 is 6.09 Å². The van der Waals surface area contributed by atoms with Crippen molar-refractivity contribution in [1.29, 1.82) is 5.26 Å². The molecule has 7 nitrogen and oxygen atoms in total. The van der Waals surface area contributed by atoms with Gasteiger partial charge in [0, 0.05) is 23.9 Å². The van der Waals surface area contributed by atoms with Crippen molar-refractivity contribution in [2.45, 2.75) is 46.3 Å². The highest BCUT2D eigenvalue weighted by molar-refractivity contribution is 5.80. The Morgan fingerprint density at radius 1 is 1.27 bits per heavy atom. The van der Waals surface area contributed by atoms with Crippen LogP contribution >= 0.6 is 0 Å². The van der Waals surface area contributed by atoms with E-state index in [4.69, 9.17) is 10.00 Å². The highest BCUT2D eigenvalue weighted by atomic mass is 16.6. The summed E-state index contributed by atoms with van der Waals surface area (Å²) in [6.45, 7) is 7.96. The minimum atomic E-state index is -0.493. The molecule has 0 spiro atoms. The van der Waals surface area contributed by atoms with Gasteiger partial charge in [-0.2, -0.15) is 9.83 Å². The van der Waals surface area contributed by atoms with Crippen LogP contribution in [0.3, 0.4) is 0 Å². The number of carbonyl (C=O) groups excluding carboxylic acids is 2. The number of alkyl carbamates (subject to hydrolysis) is 1. The summed E-state index contributed by atoms with van der Waals surface area (Å²) in [5.41, 5.74) is 3.98. The van der Waals surface area contributed by atoms with Gasteiger partial charge in [-0.3, -0.25) is 4.79 Å². The SMILES string of the molecule is CCC(NC(=O)OC(C)C)c1cc(-c2ccc(C#N)[n+](C)c2)ccc1N(C=O)CC. The van der Waals surface area contributed by atoms with Crippen LogP contribution in [0, 0.1) is 11.3 Å². The first-order chi connectivity index (χ1) is 14.3. The molecule has 158 valence electrons. The maximum atomic E-state index is 12.2. The molecule has 1 N–H and O–H groups in total. The number of amides is 2. The highest BCUT2D eigenvalue weighted by Gasteiger charge is 2.21. The molecule has 2 aromatic rings. The smallest absolute Gasteiger partial charge is 0.407 e. The van der Waals surface area contributed by atoms with Gasteiger partial charge < -0.3 is 15.0 Å². The molecule has 0 radical (unpaired) electrons. The topological polar surface area (TPSA) is 86.3 Å². The van der Waals surface area contributed by atoms with Gasteiger partial charge in [0.1, 0.15) is 7.05 Å². The molecule has 0 aliphatic rings. The lowest BCUT2D eigenvalue weighted by Crippen LogP contribution is -2.32. The minimum Gasteiger partial charge on any atom is -0.447 e. The van der Waals surface area contributed by atoms with E-state index in [1.165, 1.54) is 0 Å². The maximum absolute atomic E-state index is 12.2. The van der Waals surface area contributed by atoms with E-state index in [9.17, 15) is 9.59 Å². The predicted molar refractivity (Wildman–Crippen MR) is 115 cm³/mol. The van der Waals surface area contributed by atoms with E-state index in [2.05, 4.69) is 11.4 Å². The fourth-order valence-electron chi connectivity index (χ4n) is 3.26. The van der Waals surface area contributed by atoms with Gasteiger partial charge in [-0.25, -0.2) is 4.79 Å². The molecule has 30 heavy (non-hydrogen) atoms. The summed E-state index contributed by atoms with van der Waals surface area (Å²) in [5, 5.41) is 12.1. The van der Waals surface area contributed by atoms with Crippen LogP contribution in [0.15, 0.2) is 36.5 Å². The van der Waals surface area contributed by atoms with Gasteiger partial charge >= 0.3 is 6.09 Å². The molecule has 1 unspecified atom stereocenters. The van der Waals surface area contributed by atoms with Crippen molar-refractivity contribution in [3.8, 4) is 17.2 Å². The largest absolute Gasteiger partial charge is 0.447 e. The van der Waals surface area contributed by atoms with E-state index >= 15 is 0 Å². The molecular formula is C23H29N4O3+. The summed E-state index contributed by atoms with van der Waals surface area (Å²) in [6, 6.07) is 11.3. The standard InChI is InChI=1S/C23H28N4O3/c1-6-21(25-23(29)30-16(3)4)20-12-17(9-11-22(20)27(7-2)15-28)18-8-10-19(13-24)26(5)14-18/h8-12,14-16,21H,6-7H2,1-5H3/p+1. The zero-order valence-electron chi connectivity index (χ0n) is 18.2. The normalized spacial score (nSPS) is 11.5. The summed E-state index contributed by atoms with van der Waals surface area (Å²) in [5.74, 6) is 0. The summed E-state index contributed by atoms with van der Waals surface area (Å²) in [4.78, 5) is 25.5. The molecule has 2 rings (SSSR count). The van der Waals surface area contributed by atoms with Gasteiger partial charge in [-0.1, -0.05) is 13.0 Å². The molecule has 0 fully saturated rings. The van der Waals surface area contributed by atoms with E-state index in [1.807, 2.05) is 51.4 Å². The van der Waals surface area contributed by atoms with Crippen molar-refractivity contribution in [2.75, 3.05) is 11.4 Å². The summed E-state index contributed by atoms with van der Waals surface area (Å²) in [7, 11) is 1.82. The van der Waals surface area contributed by atoms with Crippen molar-refractivity contribution in [3.63, 3.8) is 0 Å². The second kappa shape index (κ2) is 10.4. The van der Waals surface area contributed by atoms with Crippen molar-refractivity contribution < 1.29 is 18.9 Å². The van der Waals surface area contributed by atoms with Crippen molar-refractivity contribution >= 4 is 18.2 Å². The first-order valence-corrected chi connectivity index (χ1v) is 10.1. The Morgan fingerprint density at radius 2 is 1.97 bits per heavy atom. The van der Waals surface area contributed by atoms with Crippen molar-refractivity contribution in [2.24, 2.45) is 7.05 Å². The number of ether oxygens (including phenoxy) is 1. The Bertz CT molecular complexity index is 950. The lowest BCUT2D eigenvalue weighted by Gasteiger charge is -2.26. The molecule has 1 heterocycles. The summed E-state index contributed by atoms with van der Waals surface area (Å²) in [6.07, 6.45) is 2.58. The third-order valence-electron chi connectivity index (χ3n) is 4.80. The number of nitriles is 1. The van der Waals surface area contributed by atoms with E-state index in [0.29, 0.717) is 18.7 Å². The maximum Gasteiger partial charge on any atom is 0.407 e. The third kappa shape index (κ3) is 5.35. The molecular weight excluding hydrogens is 380 g/mol. The first kappa shape index (κ1) is 22.9. The second-order valence-electron chi connectivity index (χ2n) is 7.25. The van der Waals surface area contributed by atoms with E-state index in [0.717, 1.165) is 28.8 Å². The number of aryl methyl sites for hydroxylation is 1. The zero-order chi connectivity index (χ0) is 22.3. The zero-order valence-corrected chi connectivity index (χ0v) is 18.2. The van der Waals surface area contributed by atoms with E-state index in [1.54, 1.807) is 29.4 Å². The van der Waals surface area contributed by atoms with Crippen LogP contribution in [0.25, 0.3) is 11.1 Å². The van der Waals surface area contributed by atoms with Crippen LogP contribution in [-0.2, 0) is 16.6 Å². The molecule has 1 aromatic carbocycles. The molecule has 0 saturated carbocycles. The number of carbonyl (C=O) groups is 2. The number of aromatic nitrogens is 1. The molecule has 1 atom stereocenters. The molecule has 0 aliphatic carbocycles. The van der Waals surface area contributed by atoms with Gasteiger partial charge in [-0.05, 0) is 56.5 Å². The van der Waals surface area contributed by atoms with E-state index in [-0.39, 0.29) is 12.1 Å². The van der Waals surface area contributed by atoms with Crippen LogP contribution in [0.1, 0.15) is 51.4 Å². The summed E-state index contributed by atoms with van der Waals surface area (Å²) < 4.78 is 7.01. The number of pyridine rings is 1. The number of benzene rings is 1. The Balaban J connectivity index is 2.54. The van der Waals surface area contributed by atoms with Gasteiger partial charge in [0.2, 0.25) is 6.41 Å². The highest BCUT2D eigenvalue weighted by Crippen LogP contribution is 2.32. The number of hydrogen-bond acceptors (Lipinski definition) is 4. The average molecular weight is 410 g/mol. The predicted octanol–water partition coefficient (Wildman–Crippen LogP) is 3.62. The van der Waals surface area contributed by atoms with Crippen LogP contribution in [-0.4, -0.2) is 25.2 Å². The lowest BCUT2D eigenvalue weighted by molar-refractivity contribution is -0.673. The monoisotopic (exact) mass is 409 g/mol. The molecule has 0 bridgehead atoms. The van der Waals surface area contributed by atoms with Crippen molar-refractivity contribution in [3.05, 3.63) is 47.8 Å². The quantitative estimate of drug-likeness (QED) is 0.533. The van der Waals surface area contributed by atoms with Gasteiger partial charge in [0.15, 0.2) is 12.3 Å². The molecule has 0 saturated heterocycles. The van der Waals surface area contributed by atoms with Crippen LogP contribution < -0.4 is 14.8 Å². The number of nitrogens with one attached hydrogen (secondary N) is 1. The fraction of sp³-hybridized carbons (Fsp3) is 0.391. The van der Waals surface area contributed by atoms with Crippen LogP contribution in [0.5, 0.6) is 0 Å². The number of anilines is 1. The van der Waals surface area contributed by atoms with Crippen LogP contribution in [0.4, 0.5) is 10.5 Å².